The van der Waals surface area contributed by atoms with Gasteiger partial charge >= 0.3 is 5.97 Å². The second-order valence-corrected chi connectivity index (χ2v) is 5.53. The standard InChI is InChI=1S/C13H23N2O4/c1-11(2)13(17)19-18-9-8-15(3,4)10-14-7-5-6-12(14)16/h1,5-10H2,2-4H3/q+1. The number of carbonyl (C=O) groups excluding carboxylic acids is 2. The minimum Gasteiger partial charge on any atom is -0.309 e. The monoisotopic (exact) mass is 271 g/mol. The van der Waals surface area contributed by atoms with Crippen LogP contribution in [0.15, 0.2) is 12.2 Å². The van der Waals surface area contributed by atoms with Gasteiger partial charge in [0.05, 0.1) is 14.1 Å². The third-order valence-corrected chi connectivity index (χ3v) is 2.99. The van der Waals surface area contributed by atoms with Crippen LogP contribution in [0.1, 0.15) is 19.8 Å². The number of amides is 1. The molecule has 0 saturated carbocycles. The Morgan fingerprint density at radius 1 is 1.47 bits per heavy atom. The predicted octanol–water partition coefficient (Wildman–Crippen LogP) is 0.694. The molecule has 108 valence electrons. The van der Waals surface area contributed by atoms with Crippen LogP contribution in [-0.4, -0.2) is 61.7 Å². The van der Waals surface area contributed by atoms with E-state index >= 15 is 0 Å². The molecule has 6 heteroatoms. The fourth-order valence-corrected chi connectivity index (χ4v) is 1.84. The molecule has 1 aliphatic rings. The van der Waals surface area contributed by atoms with E-state index in [-0.39, 0.29) is 12.5 Å². The molecular weight excluding hydrogens is 248 g/mol. The lowest BCUT2D eigenvalue weighted by Crippen LogP contribution is -2.50. The number of likely N-dealkylation sites (tertiary alicyclic amines) is 1. The van der Waals surface area contributed by atoms with E-state index in [0.29, 0.717) is 29.7 Å². The van der Waals surface area contributed by atoms with E-state index in [2.05, 4.69) is 11.5 Å². The molecule has 0 N–H and O–H groups in total. The summed E-state index contributed by atoms with van der Waals surface area (Å²) < 4.78 is 0.608. The lowest BCUT2D eigenvalue weighted by atomic mass is 10.4. The summed E-state index contributed by atoms with van der Waals surface area (Å²) >= 11 is 0. The van der Waals surface area contributed by atoms with Gasteiger partial charge in [-0.1, -0.05) is 6.58 Å². The molecule has 0 spiro atoms. The Hall–Kier alpha value is -1.40. The number of hydrogen-bond donors (Lipinski definition) is 0. The zero-order valence-corrected chi connectivity index (χ0v) is 12.0. The Kier molecular flexibility index (Phi) is 5.50. The molecule has 1 amide bonds. The van der Waals surface area contributed by atoms with Crippen LogP contribution in [0.4, 0.5) is 0 Å². The summed E-state index contributed by atoms with van der Waals surface area (Å²) in [7, 11) is 4.02. The van der Waals surface area contributed by atoms with Gasteiger partial charge in [0.25, 0.3) is 0 Å². The molecule has 0 unspecified atom stereocenters. The summed E-state index contributed by atoms with van der Waals surface area (Å²) in [6, 6.07) is 0. The first-order chi connectivity index (χ1) is 8.82. The maximum absolute atomic E-state index is 11.6. The molecule has 1 saturated heterocycles. The Morgan fingerprint density at radius 2 is 2.16 bits per heavy atom. The second kappa shape index (κ2) is 6.68. The zero-order valence-electron chi connectivity index (χ0n) is 12.0. The summed E-state index contributed by atoms with van der Waals surface area (Å²) in [5.74, 6) is -0.346. The Labute approximate surface area is 114 Å². The third kappa shape index (κ3) is 5.40. The summed E-state index contributed by atoms with van der Waals surface area (Å²) in [5, 5.41) is 0. The number of likely N-dealkylation sites (N-methyl/N-ethyl adjacent to an activating group) is 1. The number of carbonyl (C=O) groups is 2. The van der Waals surface area contributed by atoms with Crippen molar-refractivity contribution in [2.45, 2.75) is 19.8 Å². The predicted molar refractivity (Wildman–Crippen MR) is 69.6 cm³/mol. The summed E-state index contributed by atoms with van der Waals surface area (Å²) in [5.41, 5.74) is 0.302. The van der Waals surface area contributed by atoms with Crippen molar-refractivity contribution in [2.75, 3.05) is 40.5 Å². The maximum atomic E-state index is 11.6. The molecule has 6 nitrogen and oxygen atoms in total. The highest BCUT2D eigenvalue weighted by Gasteiger charge is 2.27. The Bertz CT molecular complexity index is 366. The number of quaternary nitrogens is 1. The SMILES string of the molecule is C=C(C)C(=O)OOCC[N+](C)(C)CN1CCCC1=O. The molecule has 0 aliphatic carbocycles. The van der Waals surface area contributed by atoms with Gasteiger partial charge < -0.3 is 4.48 Å². The highest BCUT2D eigenvalue weighted by atomic mass is 17.2. The van der Waals surface area contributed by atoms with Crippen LogP contribution < -0.4 is 0 Å². The largest absolute Gasteiger partial charge is 0.368 e. The van der Waals surface area contributed by atoms with Gasteiger partial charge in [-0.2, -0.15) is 4.89 Å². The molecule has 0 aromatic rings. The van der Waals surface area contributed by atoms with Crippen LogP contribution in [0.3, 0.4) is 0 Å². The van der Waals surface area contributed by atoms with Crippen LogP contribution in [0, 0.1) is 0 Å². The first kappa shape index (κ1) is 15.7. The molecule has 1 rings (SSSR count). The molecule has 1 aliphatic heterocycles. The second-order valence-electron chi connectivity index (χ2n) is 5.53. The summed E-state index contributed by atoms with van der Waals surface area (Å²) in [4.78, 5) is 33.9. The fraction of sp³-hybridized carbons (Fsp3) is 0.692. The van der Waals surface area contributed by atoms with Gasteiger partial charge in [0.1, 0.15) is 13.2 Å². The van der Waals surface area contributed by atoms with Crippen LogP contribution in [0.5, 0.6) is 0 Å². The first-order valence-corrected chi connectivity index (χ1v) is 6.41. The molecular formula is C13H23N2O4+. The van der Waals surface area contributed by atoms with E-state index in [1.54, 1.807) is 6.92 Å². The van der Waals surface area contributed by atoms with Gasteiger partial charge in [-0.3, -0.25) is 14.6 Å². The van der Waals surface area contributed by atoms with Crippen molar-refractivity contribution in [3.63, 3.8) is 0 Å². The van der Waals surface area contributed by atoms with E-state index in [1.807, 2.05) is 19.0 Å². The van der Waals surface area contributed by atoms with Crippen molar-refractivity contribution in [2.24, 2.45) is 0 Å². The van der Waals surface area contributed by atoms with Crippen LogP contribution in [0.2, 0.25) is 0 Å². The smallest absolute Gasteiger partial charge is 0.309 e. The van der Waals surface area contributed by atoms with Crippen LogP contribution >= 0.6 is 0 Å². The van der Waals surface area contributed by atoms with Gasteiger partial charge in [-0.25, -0.2) is 4.79 Å². The normalized spacial score (nSPS) is 15.7. The van der Waals surface area contributed by atoms with E-state index in [1.165, 1.54) is 0 Å². The average molecular weight is 271 g/mol. The minimum atomic E-state index is -0.556. The molecule has 1 fully saturated rings. The minimum absolute atomic E-state index is 0.209. The number of nitrogens with zero attached hydrogens (tertiary/aromatic N) is 2. The van der Waals surface area contributed by atoms with Gasteiger partial charge in [-0.05, 0) is 13.3 Å². The van der Waals surface area contributed by atoms with Gasteiger partial charge in [0, 0.05) is 18.5 Å². The van der Waals surface area contributed by atoms with E-state index < -0.39 is 5.97 Å². The number of hydrogen-bond acceptors (Lipinski definition) is 4. The maximum Gasteiger partial charge on any atom is 0.368 e. The van der Waals surface area contributed by atoms with Gasteiger partial charge in [0.2, 0.25) is 5.91 Å². The van der Waals surface area contributed by atoms with Gasteiger partial charge in [-0.15, -0.1) is 0 Å². The zero-order chi connectivity index (χ0) is 14.5. The summed E-state index contributed by atoms with van der Waals surface area (Å²) in [6.45, 7) is 7.42. The number of rotatable bonds is 7. The molecule has 1 heterocycles. The lowest BCUT2D eigenvalue weighted by molar-refractivity contribution is -0.900. The Morgan fingerprint density at radius 3 is 2.68 bits per heavy atom. The van der Waals surface area contributed by atoms with Crippen molar-refractivity contribution in [3.8, 4) is 0 Å². The van der Waals surface area contributed by atoms with E-state index in [9.17, 15) is 9.59 Å². The summed E-state index contributed by atoms with van der Waals surface area (Å²) in [6.07, 6.45) is 1.58. The Balaban J connectivity index is 2.25. The van der Waals surface area contributed by atoms with Crippen molar-refractivity contribution in [3.05, 3.63) is 12.2 Å². The van der Waals surface area contributed by atoms with E-state index in [4.69, 9.17) is 4.89 Å². The van der Waals surface area contributed by atoms with Crippen molar-refractivity contribution >= 4 is 11.9 Å². The van der Waals surface area contributed by atoms with Crippen LogP contribution in [0.25, 0.3) is 0 Å². The van der Waals surface area contributed by atoms with Crippen LogP contribution in [-0.2, 0) is 19.4 Å². The molecule has 19 heavy (non-hydrogen) atoms. The molecule has 0 aromatic carbocycles. The highest BCUT2D eigenvalue weighted by molar-refractivity contribution is 5.86. The highest BCUT2D eigenvalue weighted by Crippen LogP contribution is 2.12. The average Bonchev–Trinajstić information content (AvgIpc) is 2.69. The van der Waals surface area contributed by atoms with Crippen molar-refractivity contribution in [1.29, 1.82) is 0 Å². The third-order valence-electron chi connectivity index (χ3n) is 2.99. The topological polar surface area (TPSA) is 55.8 Å². The molecule has 0 radical (unpaired) electrons. The first-order valence-electron chi connectivity index (χ1n) is 6.41. The van der Waals surface area contributed by atoms with Crippen molar-refractivity contribution < 1.29 is 23.8 Å². The fourth-order valence-electron chi connectivity index (χ4n) is 1.84. The lowest BCUT2D eigenvalue weighted by Gasteiger charge is -2.33. The molecule has 0 bridgehead atoms. The quantitative estimate of drug-likeness (QED) is 0.225. The molecule has 0 aromatic heterocycles. The van der Waals surface area contributed by atoms with Gasteiger partial charge in [0.15, 0.2) is 6.67 Å². The molecule has 0 atom stereocenters. The van der Waals surface area contributed by atoms with Crippen molar-refractivity contribution in [1.82, 2.24) is 4.90 Å². The van der Waals surface area contributed by atoms with E-state index in [0.717, 1.165) is 13.0 Å².